The maximum Gasteiger partial charge on any atom is 0.345 e. The molecule has 0 aliphatic heterocycles. The zero-order valence-electron chi connectivity index (χ0n) is 16.4. The number of nitrogens with one attached hydrogen (secondary N) is 1. The Balaban J connectivity index is 1.83. The molecule has 0 aliphatic rings. The second-order valence-electron chi connectivity index (χ2n) is 8.28. The largest absolute Gasteiger partial charge is 0.477 e. The van der Waals surface area contributed by atoms with E-state index in [1.807, 2.05) is 5.38 Å². The zero-order valence-corrected chi connectivity index (χ0v) is 17.2. The summed E-state index contributed by atoms with van der Waals surface area (Å²) in [6.07, 6.45) is 14.8. The van der Waals surface area contributed by atoms with Crippen LogP contribution < -0.4 is 5.32 Å². The van der Waals surface area contributed by atoms with Gasteiger partial charge in [-0.2, -0.15) is 0 Å². The SMILES string of the molecule is CC(C)(C)CCCCCCCCCCCCNc1csc(C(=O)O)c1. The van der Waals surface area contributed by atoms with E-state index in [9.17, 15) is 4.79 Å². The average Bonchev–Trinajstić information content (AvgIpc) is 3.00. The lowest BCUT2D eigenvalue weighted by atomic mass is 9.89. The molecule has 0 atom stereocenters. The van der Waals surface area contributed by atoms with Gasteiger partial charge in [0.15, 0.2) is 0 Å². The standard InChI is InChI=1S/C21H37NO2S/c1-21(2,3)14-12-10-8-6-4-5-7-9-11-13-15-22-18-16-19(20(23)24)25-17-18/h16-17,22H,4-15H2,1-3H3,(H,23,24). The molecule has 0 spiro atoms. The van der Waals surface area contributed by atoms with Crippen molar-refractivity contribution in [2.24, 2.45) is 5.41 Å². The number of hydrogen-bond donors (Lipinski definition) is 2. The average molecular weight is 368 g/mol. The summed E-state index contributed by atoms with van der Waals surface area (Å²) < 4.78 is 0. The van der Waals surface area contributed by atoms with E-state index >= 15 is 0 Å². The van der Waals surface area contributed by atoms with Gasteiger partial charge in [-0.05, 0) is 24.3 Å². The highest BCUT2D eigenvalue weighted by Gasteiger charge is 2.08. The van der Waals surface area contributed by atoms with Gasteiger partial charge in [-0.25, -0.2) is 4.79 Å². The van der Waals surface area contributed by atoms with Gasteiger partial charge in [-0.15, -0.1) is 11.3 Å². The molecule has 1 heterocycles. The summed E-state index contributed by atoms with van der Waals surface area (Å²) in [7, 11) is 0. The van der Waals surface area contributed by atoms with E-state index in [2.05, 4.69) is 26.1 Å². The number of rotatable bonds is 14. The van der Waals surface area contributed by atoms with Crippen molar-refractivity contribution < 1.29 is 9.90 Å². The van der Waals surface area contributed by atoms with Crippen molar-refractivity contribution in [2.75, 3.05) is 11.9 Å². The van der Waals surface area contributed by atoms with Gasteiger partial charge in [0.2, 0.25) is 0 Å². The van der Waals surface area contributed by atoms with Crippen molar-refractivity contribution >= 4 is 23.0 Å². The van der Waals surface area contributed by atoms with Crippen LogP contribution in [-0.4, -0.2) is 17.6 Å². The monoisotopic (exact) mass is 367 g/mol. The van der Waals surface area contributed by atoms with Crippen LogP contribution >= 0.6 is 11.3 Å². The summed E-state index contributed by atoms with van der Waals surface area (Å²) >= 11 is 1.28. The molecule has 1 aromatic heterocycles. The first-order chi connectivity index (χ1) is 11.9. The molecule has 4 heteroatoms. The summed E-state index contributed by atoms with van der Waals surface area (Å²) in [5.74, 6) is -0.841. The third-order valence-corrected chi connectivity index (χ3v) is 5.41. The quantitative estimate of drug-likeness (QED) is 0.342. The molecule has 0 bridgehead atoms. The molecule has 0 radical (unpaired) electrons. The molecular formula is C21H37NO2S. The summed E-state index contributed by atoms with van der Waals surface area (Å²) in [6, 6.07) is 1.72. The maximum atomic E-state index is 10.8. The number of carbonyl (C=O) groups is 1. The normalized spacial score (nSPS) is 11.6. The third kappa shape index (κ3) is 12.0. The van der Waals surface area contributed by atoms with Crippen molar-refractivity contribution in [3.05, 3.63) is 16.3 Å². The van der Waals surface area contributed by atoms with E-state index in [4.69, 9.17) is 5.11 Å². The van der Waals surface area contributed by atoms with Crippen LogP contribution in [0.1, 0.15) is 101 Å². The van der Waals surface area contributed by atoms with Crippen LogP contribution in [0, 0.1) is 5.41 Å². The van der Waals surface area contributed by atoms with Gasteiger partial charge < -0.3 is 10.4 Å². The Morgan fingerprint density at radius 1 is 0.960 bits per heavy atom. The molecule has 0 aromatic carbocycles. The topological polar surface area (TPSA) is 49.3 Å². The molecule has 0 aliphatic carbocycles. The molecule has 0 saturated heterocycles. The second kappa shape index (κ2) is 12.3. The van der Waals surface area contributed by atoms with Crippen molar-refractivity contribution in [3.63, 3.8) is 0 Å². The van der Waals surface area contributed by atoms with Crippen LogP contribution in [0.15, 0.2) is 11.4 Å². The molecule has 0 fully saturated rings. The smallest absolute Gasteiger partial charge is 0.345 e. The minimum atomic E-state index is -0.841. The Labute approximate surface area is 158 Å². The van der Waals surface area contributed by atoms with E-state index in [0.29, 0.717) is 10.3 Å². The van der Waals surface area contributed by atoms with Gasteiger partial charge in [0.1, 0.15) is 4.88 Å². The number of hydrogen-bond acceptors (Lipinski definition) is 3. The molecule has 1 aromatic rings. The molecule has 0 amide bonds. The highest BCUT2D eigenvalue weighted by molar-refractivity contribution is 7.12. The lowest BCUT2D eigenvalue weighted by Crippen LogP contribution is -2.03. The van der Waals surface area contributed by atoms with Crippen LogP contribution in [0.5, 0.6) is 0 Å². The summed E-state index contributed by atoms with van der Waals surface area (Å²) in [5, 5.41) is 14.1. The van der Waals surface area contributed by atoms with Gasteiger partial charge in [0.25, 0.3) is 0 Å². The van der Waals surface area contributed by atoms with Gasteiger partial charge in [-0.1, -0.05) is 78.6 Å². The van der Waals surface area contributed by atoms with Crippen molar-refractivity contribution in [1.82, 2.24) is 0 Å². The maximum absolute atomic E-state index is 10.8. The molecule has 0 saturated carbocycles. The molecule has 1 rings (SSSR count). The number of carboxylic acid groups (broad SMARTS) is 1. The zero-order chi connectivity index (χ0) is 18.5. The van der Waals surface area contributed by atoms with Crippen LogP contribution in [0.4, 0.5) is 5.69 Å². The third-order valence-electron chi connectivity index (χ3n) is 4.49. The van der Waals surface area contributed by atoms with Gasteiger partial charge in [0, 0.05) is 17.6 Å². The lowest BCUT2D eigenvalue weighted by Gasteiger charge is -2.17. The lowest BCUT2D eigenvalue weighted by molar-refractivity contribution is 0.0702. The van der Waals surface area contributed by atoms with E-state index in [1.54, 1.807) is 6.07 Å². The minimum Gasteiger partial charge on any atom is -0.477 e. The highest BCUT2D eigenvalue weighted by Crippen LogP contribution is 2.23. The Morgan fingerprint density at radius 2 is 1.48 bits per heavy atom. The Bertz CT molecular complexity index is 476. The van der Waals surface area contributed by atoms with E-state index in [1.165, 1.54) is 75.5 Å². The fourth-order valence-corrected chi connectivity index (χ4v) is 3.67. The molecule has 2 N–H and O–H groups in total. The summed E-state index contributed by atoms with van der Waals surface area (Å²) in [5.41, 5.74) is 1.44. The molecule has 25 heavy (non-hydrogen) atoms. The molecule has 0 unspecified atom stereocenters. The predicted molar refractivity (Wildman–Crippen MR) is 110 cm³/mol. The first-order valence-corrected chi connectivity index (χ1v) is 10.8. The number of thiophene rings is 1. The number of aromatic carboxylic acids is 1. The van der Waals surface area contributed by atoms with E-state index < -0.39 is 5.97 Å². The van der Waals surface area contributed by atoms with Crippen molar-refractivity contribution in [3.8, 4) is 0 Å². The molecular weight excluding hydrogens is 330 g/mol. The van der Waals surface area contributed by atoms with Crippen LogP contribution in [-0.2, 0) is 0 Å². The Kier molecular flexibility index (Phi) is 10.9. The Morgan fingerprint density at radius 3 is 1.96 bits per heavy atom. The fraction of sp³-hybridized carbons (Fsp3) is 0.762. The van der Waals surface area contributed by atoms with Crippen molar-refractivity contribution in [2.45, 2.75) is 91.4 Å². The number of anilines is 1. The summed E-state index contributed by atoms with van der Waals surface area (Å²) in [6.45, 7) is 7.92. The minimum absolute atomic E-state index is 0.404. The predicted octanol–water partition coefficient (Wildman–Crippen LogP) is 7.20. The fourth-order valence-electron chi connectivity index (χ4n) is 2.97. The Hall–Kier alpha value is -1.03. The molecule has 144 valence electrons. The number of carboxylic acids is 1. The van der Waals surface area contributed by atoms with Gasteiger partial charge >= 0.3 is 5.97 Å². The van der Waals surface area contributed by atoms with Gasteiger partial charge in [-0.3, -0.25) is 0 Å². The highest BCUT2D eigenvalue weighted by atomic mass is 32.1. The summed E-state index contributed by atoms with van der Waals surface area (Å²) in [4.78, 5) is 11.2. The van der Waals surface area contributed by atoms with E-state index in [0.717, 1.165) is 18.7 Å². The van der Waals surface area contributed by atoms with Crippen LogP contribution in [0.2, 0.25) is 0 Å². The number of unbranched alkanes of at least 4 members (excludes halogenated alkanes) is 9. The van der Waals surface area contributed by atoms with E-state index in [-0.39, 0.29) is 0 Å². The first-order valence-electron chi connectivity index (χ1n) is 9.94. The van der Waals surface area contributed by atoms with Gasteiger partial charge in [0.05, 0.1) is 0 Å². The van der Waals surface area contributed by atoms with Crippen LogP contribution in [0.25, 0.3) is 0 Å². The second-order valence-corrected chi connectivity index (χ2v) is 9.19. The molecule has 3 nitrogen and oxygen atoms in total. The van der Waals surface area contributed by atoms with Crippen molar-refractivity contribution in [1.29, 1.82) is 0 Å². The van der Waals surface area contributed by atoms with Crippen LogP contribution in [0.3, 0.4) is 0 Å². The first kappa shape index (κ1) is 22.0.